The normalized spacial score (nSPS) is 10.8. The Bertz CT molecular complexity index is 1020. The van der Waals surface area contributed by atoms with E-state index in [0.717, 1.165) is 6.07 Å². The second-order valence-corrected chi connectivity index (χ2v) is 6.57. The van der Waals surface area contributed by atoms with Crippen molar-refractivity contribution in [3.05, 3.63) is 67.1 Å². The monoisotopic (exact) mass is 408 g/mol. The van der Waals surface area contributed by atoms with Crippen molar-refractivity contribution in [3.63, 3.8) is 0 Å². The number of H-pyrrole nitrogens is 1. The molecule has 3 rings (SSSR count). The first-order valence-electron chi connectivity index (χ1n) is 7.76. The lowest BCUT2D eigenvalue weighted by Gasteiger charge is -2.09. The van der Waals surface area contributed by atoms with Crippen molar-refractivity contribution in [2.75, 3.05) is 5.32 Å². The molecular formula is C16H14Cl2N6O3. The highest BCUT2D eigenvalue weighted by molar-refractivity contribution is 6.35. The molecule has 3 aromatic rings. The Balaban J connectivity index is 1.85. The van der Waals surface area contributed by atoms with Gasteiger partial charge in [-0.05, 0) is 30.9 Å². The topological polar surface area (TPSA) is 119 Å². The van der Waals surface area contributed by atoms with Crippen LogP contribution in [-0.2, 0) is 6.54 Å². The van der Waals surface area contributed by atoms with E-state index >= 15 is 0 Å². The van der Waals surface area contributed by atoms with E-state index in [1.54, 1.807) is 36.7 Å². The summed E-state index contributed by atoms with van der Waals surface area (Å²) < 4.78 is 1.67. The molecule has 1 amide bonds. The fraction of sp³-hybridized carbons (Fsp3) is 0.188. The van der Waals surface area contributed by atoms with Gasteiger partial charge in [0.05, 0.1) is 29.7 Å². The largest absolute Gasteiger partial charge is 0.358 e. The van der Waals surface area contributed by atoms with E-state index in [4.69, 9.17) is 23.2 Å². The molecule has 0 spiro atoms. The van der Waals surface area contributed by atoms with Crippen molar-refractivity contribution in [2.45, 2.75) is 20.4 Å². The second kappa shape index (κ2) is 7.37. The molecule has 0 fully saturated rings. The van der Waals surface area contributed by atoms with Crippen molar-refractivity contribution in [1.29, 1.82) is 0 Å². The van der Waals surface area contributed by atoms with Crippen LogP contribution in [0.1, 0.15) is 27.4 Å². The lowest BCUT2D eigenvalue weighted by atomic mass is 10.2. The lowest BCUT2D eigenvalue weighted by molar-refractivity contribution is -0.389. The van der Waals surface area contributed by atoms with E-state index in [1.165, 1.54) is 0 Å². The summed E-state index contributed by atoms with van der Waals surface area (Å²) in [6.45, 7) is 3.85. The number of rotatable bonds is 5. The number of nitrogens with zero attached hydrogens (tertiary/aromatic N) is 4. The molecule has 1 aromatic carbocycles. The first-order chi connectivity index (χ1) is 12.8. The molecule has 0 aliphatic rings. The van der Waals surface area contributed by atoms with Gasteiger partial charge in [-0.3, -0.25) is 9.48 Å². The molecule has 11 heteroatoms. The Kier molecular flexibility index (Phi) is 5.15. The van der Waals surface area contributed by atoms with Gasteiger partial charge in [0.1, 0.15) is 0 Å². The molecule has 0 radical (unpaired) electrons. The molecule has 27 heavy (non-hydrogen) atoms. The second-order valence-electron chi connectivity index (χ2n) is 5.75. The summed E-state index contributed by atoms with van der Waals surface area (Å²) >= 11 is 12.4. The zero-order valence-corrected chi connectivity index (χ0v) is 15.8. The fourth-order valence-corrected chi connectivity index (χ4v) is 3.08. The van der Waals surface area contributed by atoms with E-state index in [9.17, 15) is 14.9 Å². The number of anilines is 1. The minimum Gasteiger partial charge on any atom is -0.358 e. The van der Waals surface area contributed by atoms with Crippen LogP contribution in [0.15, 0.2) is 24.3 Å². The van der Waals surface area contributed by atoms with Gasteiger partial charge in [0.2, 0.25) is 0 Å². The fourth-order valence-electron chi connectivity index (χ4n) is 2.56. The van der Waals surface area contributed by atoms with Gasteiger partial charge in [-0.25, -0.2) is 0 Å². The van der Waals surface area contributed by atoms with Crippen molar-refractivity contribution in [1.82, 2.24) is 20.0 Å². The van der Waals surface area contributed by atoms with Gasteiger partial charge in [0.15, 0.2) is 5.69 Å². The minimum absolute atomic E-state index is 0.0950. The van der Waals surface area contributed by atoms with Crippen molar-refractivity contribution in [3.8, 4) is 0 Å². The number of benzene rings is 1. The average molecular weight is 409 g/mol. The van der Waals surface area contributed by atoms with E-state index < -0.39 is 10.8 Å². The maximum atomic E-state index is 12.3. The van der Waals surface area contributed by atoms with E-state index in [1.807, 2.05) is 0 Å². The molecule has 2 heterocycles. The Hall–Kier alpha value is -2.91. The summed E-state index contributed by atoms with van der Waals surface area (Å²) in [4.78, 5) is 22.4. The van der Waals surface area contributed by atoms with Crippen molar-refractivity contribution < 1.29 is 9.72 Å². The van der Waals surface area contributed by atoms with Gasteiger partial charge in [-0.15, -0.1) is 5.10 Å². The molecular weight excluding hydrogens is 395 g/mol. The van der Waals surface area contributed by atoms with Gasteiger partial charge < -0.3 is 15.4 Å². The number of carbonyl (C=O) groups excluding carboxylic acids is 1. The number of hydrogen-bond donors (Lipinski definition) is 2. The molecule has 0 saturated carbocycles. The SMILES string of the molecule is Cc1nn(Cc2c(Cl)cccc2Cl)c(C)c1NC(=O)c1cc([N+](=O)[O-])[nH]n1. The van der Waals surface area contributed by atoms with Gasteiger partial charge in [0, 0.05) is 15.6 Å². The Labute approximate surface area is 163 Å². The Morgan fingerprint density at radius 2 is 2.00 bits per heavy atom. The standard InChI is InChI=1S/C16H14Cl2N6O3/c1-8-15(19-16(25)13-6-14(21-20-13)24(26)27)9(2)23(22-8)7-10-11(17)4-3-5-12(10)18/h3-6H,7H2,1-2H3,(H,19,25)(H,20,21). The summed E-state index contributed by atoms with van der Waals surface area (Å²) in [5, 5.41) is 24.7. The molecule has 140 valence electrons. The van der Waals surface area contributed by atoms with Gasteiger partial charge in [-0.2, -0.15) is 5.10 Å². The maximum Gasteiger partial charge on any atom is 0.343 e. The number of aromatic amines is 1. The highest BCUT2D eigenvalue weighted by Gasteiger charge is 2.20. The minimum atomic E-state index is -0.661. The molecule has 2 aromatic heterocycles. The number of nitro groups is 1. The van der Waals surface area contributed by atoms with Gasteiger partial charge >= 0.3 is 5.82 Å². The molecule has 0 saturated heterocycles. The summed E-state index contributed by atoms with van der Waals surface area (Å²) in [7, 11) is 0. The van der Waals surface area contributed by atoms with Crippen molar-refractivity contribution >= 4 is 40.6 Å². The van der Waals surface area contributed by atoms with Crippen molar-refractivity contribution in [2.24, 2.45) is 0 Å². The third-order valence-corrected chi connectivity index (χ3v) is 4.69. The number of amides is 1. The zero-order valence-electron chi connectivity index (χ0n) is 14.3. The summed E-state index contributed by atoms with van der Waals surface area (Å²) in [5.41, 5.74) is 2.37. The number of halogens is 2. The van der Waals surface area contributed by atoms with Crippen LogP contribution in [0.2, 0.25) is 10.0 Å². The average Bonchev–Trinajstić information content (AvgIpc) is 3.19. The van der Waals surface area contributed by atoms with Gasteiger partial charge in [-0.1, -0.05) is 34.4 Å². The third kappa shape index (κ3) is 3.79. The molecule has 2 N–H and O–H groups in total. The molecule has 0 bridgehead atoms. The molecule has 0 aliphatic heterocycles. The van der Waals surface area contributed by atoms with Crippen LogP contribution in [0.25, 0.3) is 0 Å². The summed E-state index contributed by atoms with van der Waals surface area (Å²) in [6, 6.07) is 6.29. The molecule has 9 nitrogen and oxygen atoms in total. The Morgan fingerprint density at radius 1 is 1.33 bits per heavy atom. The number of nitrogens with one attached hydrogen (secondary N) is 2. The number of aromatic nitrogens is 4. The third-order valence-electron chi connectivity index (χ3n) is 3.98. The van der Waals surface area contributed by atoms with Crippen LogP contribution in [0, 0.1) is 24.0 Å². The summed E-state index contributed by atoms with van der Waals surface area (Å²) in [5.74, 6) is -0.946. The highest BCUT2D eigenvalue weighted by Crippen LogP contribution is 2.27. The van der Waals surface area contributed by atoms with E-state index in [0.29, 0.717) is 39.2 Å². The predicted molar refractivity (Wildman–Crippen MR) is 100 cm³/mol. The van der Waals surface area contributed by atoms with Crippen LogP contribution >= 0.6 is 23.2 Å². The van der Waals surface area contributed by atoms with E-state index in [-0.39, 0.29) is 11.5 Å². The number of hydrogen-bond acceptors (Lipinski definition) is 5. The summed E-state index contributed by atoms with van der Waals surface area (Å²) in [6.07, 6.45) is 0. The van der Waals surface area contributed by atoms with Gasteiger partial charge in [0.25, 0.3) is 5.91 Å². The van der Waals surface area contributed by atoms with Crippen LogP contribution in [0.3, 0.4) is 0 Å². The molecule has 0 atom stereocenters. The molecule has 0 unspecified atom stereocenters. The van der Waals surface area contributed by atoms with Crippen LogP contribution < -0.4 is 5.32 Å². The number of carbonyl (C=O) groups is 1. The Morgan fingerprint density at radius 3 is 2.59 bits per heavy atom. The smallest absolute Gasteiger partial charge is 0.343 e. The van der Waals surface area contributed by atoms with Crippen LogP contribution in [-0.4, -0.2) is 30.8 Å². The maximum absolute atomic E-state index is 12.3. The predicted octanol–water partition coefficient (Wildman–Crippen LogP) is 3.74. The quantitative estimate of drug-likeness (QED) is 0.492. The van der Waals surface area contributed by atoms with Crippen LogP contribution in [0.4, 0.5) is 11.5 Å². The first kappa shape index (κ1) is 18.9. The zero-order chi connectivity index (χ0) is 19.7. The molecule has 0 aliphatic carbocycles. The first-order valence-corrected chi connectivity index (χ1v) is 8.51. The van der Waals surface area contributed by atoms with E-state index in [2.05, 4.69) is 20.6 Å². The van der Waals surface area contributed by atoms with Crippen LogP contribution in [0.5, 0.6) is 0 Å². The lowest BCUT2D eigenvalue weighted by Crippen LogP contribution is -2.14. The number of aryl methyl sites for hydroxylation is 1. The highest BCUT2D eigenvalue weighted by atomic mass is 35.5.